The quantitative estimate of drug-likeness (QED) is 0.447. The molecule has 2 saturated heterocycles. The predicted octanol–water partition coefficient (Wildman–Crippen LogP) is 1.60. The number of carbonyl (C=O) groups excluding carboxylic acids is 1. The van der Waals surface area contributed by atoms with Gasteiger partial charge in [-0.25, -0.2) is 4.79 Å². The van der Waals surface area contributed by atoms with Crippen molar-refractivity contribution in [3.8, 4) is 0 Å². The minimum atomic E-state index is -0.676. The smallest absolute Gasteiger partial charge is 0.344 e. The van der Waals surface area contributed by atoms with Crippen molar-refractivity contribution in [2.24, 2.45) is 0 Å². The molecule has 0 aliphatic carbocycles. The van der Waals surface area contributed by atoms with Crippen LogP contribution in [-0.4, -0.2) is 79.7 Å². The van der Waals surface area contributed by atoms with E-state index in [-0.39, 0.29) is 11.3 Å². The first-order chi connectivity index (χ1) is 12.5. The van der Waals surface area contributed by atoms with Gasteiger partial charge in [0.2, 0.25) is 0 Å². The van der Waals surface area contributed by atoms with Gasteiger partial charge in [0.1, 0.15) is 5.56 Å². The number of likely N-dealkylation sites (N-methyl/N-ethyl adjacent to an activating group) is 1. The SMILES string of the molecule is CCN1CCN(C2CCN(c3ccc([N+](=O)[O-])c(C(=O)OC)c3)C2)CC1. The number of methoxy groups -OCH3 is 1. The molecule has 142 valence electrons. The summed E-state index contributed by atoms with van der Waals surface area (Å²) in [6.07, 6.45) is 1.07. The van der Waals surface area contributed by atoms with Crippen LogP contribution in [0.25, 0.3) is 0 Å². The van der Waals surface area contributed by atoms with Gasteiger partial charge in [-0.3, -0.25) is 15.0 Å². The summed E-state index contributed by atoms with van der Waals surface area (Å²) in [5.74, 6) is -0.676. The Balaban J connectivity index is 1.70. The molecule has 1 aromatic rings. The van der Waals surface area contributed by atoms with E-state index in [9.17, 15) is 14.9 Å². The van der Waals surface area contributed by atoms with Crippen LogP contribution in [0.3, 0.4) is 0 Å². The summed E-state index contributed by atoms with van der Waals surface area (Å²) in [5.41, 5.74) is 0.632. The van der Waals surface area contributed by atoms with Crippen LogP contribution in [0, 0.1) is 10.1 Å². The molecule has 0 amide bonds. The Labute approximate surface area is 153 Å². The Morgan fingerprint density at radius 2 is 2.00 bits per heavy atom. The molecule has 0 bridgehead atoms. The van der Waals surface area contributed by atoms with E-state index < -0.39 is 10.9 Å². The van der Waals surface area contributed by atoms with Gasteiger partial charge in [0.05, 0.1) is 12.0 Å². The molecule has 1 atom stereocenters. The van der Waals surface area contributed by atoms with Crippen LogP contribution < -0.4 is 4.90 Å². The number of piperazine rings is 1. The second-order valence-corrected chi connectivity index (χ2v) is 6.81. The maximum Gasteiger partial charge on any atom is 0.344 e. The van der Waals surface area contributed by atoms with Crippen LogP contribution in [0.5, 0.6) is 0 Å². The lowest BCUT2D eigenvalue weighted by Crippen LogP contribution is -2.50. The van der Waals surface area contributed by atoms with Gasteiger partial charge in [0, 0.05) is 57.1 Å². The van der Waals surface area contributed by atoms with Crippen molar-refractivity contribution in [3.05, 3.63) is 33.9 Å². The molecule has 0 spiro atoms. The zero-order chi connectivity index (χ0) is 18.7. The third-order valence-electron chi connectivity index (χ3n) is 5.48. The van der Waals surface area contributed by atoms with Crippen molar-refractivity contribution in [1.29, 1.82) is 0 Å². The van der Waals surface area contributed by atoms with Crippen LogP contribution >= 0.6 is 0 Å². The molecule has 0 saturated carbocycles. The molecule has 8 heteroatoms. The van der Waals surface area contributed by atoms with Crippen molar-refractivity contribution < 1.29 is 14.5 Å². The van der Waals surface area contributed by atoms with Crippen LogP contribution in [0.4, 0.5) is 11.4 Å². The number of esters is 1. The van der Waals surface area contributed by atoms with Gasteiger partial charge >= 0.3 is 5.97 Å². The number of nitro benzene ring substituents is 1. The third kappa shape index (κ3) is 3.81. The molecule has 2 heterocycles. The molecule has 2 fully saturated rings. The zero-order valence-corrected chi connectivity index (χ0v) is 15.4. The van der Waals surface area contributed by atoms with Gasteiger partial charge in [-0.2, -0.15) is 0 Å². The molecule has 26 heavy (non-hydrogen) atoms. The molecular weight excluding hydrogens is 336 g/mol. The highest BCUT2D eigenvalue weighted by molar-refractivity contribution is 5.95. The lowest BCUT2D eigenvalue weighted by atomic mass is 10.1. The maximum atomic E-state index is 11.9. The Morgan fingerprint density at radius 3 is 2.62 bits per heavy atom. The molecule has 3 rings (SSSR count). The predicted molar refractivity (Wildman–Crippen MR) is 98.7 cm³/mol. The fourth-order valence-corrected chi connectivity index (χ4v) is 3.87. The molecule has 1 unspecified atom stereocenters. The summed E-state index contributed by atoms with van der Waals surface area (Å²) < 4.78 is 4.71. The summed E-state index contributed by atoms with van der Waals surface area (Å²) >= 11 is 0. The van der Waals surface area contributed by atoms with E-state index in [4.69, 9.17) is 4.74 Å². The normalized spacial score (nSPS) is 21.8. The van der Waals surface area contributed by atoms with Gasteiger partial charge in [0.15, 0.2) is 0 Å². The second kappa shape index (κ2) is 8.01. The van der Waals surface area contributed by atoms with Gasteiger partial charge in [-0.15, -0.1) is 0 Å². The first kappa shape index (κ1) is 18.6. The van der Waals surface area contributed by atoms with Crippen LogP contribution in [0.1, 0.15) is 23.7 Å². The highest BCUT2D eigenvalue weighted by Crippen LogP contribution is 2.29. The topological polar surface area (TPSA) is 79.2 Å². The first-order valence-electron chi connectivity index (χ1n) is 9.11. The highest BCUT2D eigenvalue weighted by Gasteiger charge is 2.31. The van der Waals surface area contributed by atoms with Crippen LogP contribution in [-0.2, 0) is 4.74 Å². The maximum absolute atomic E-state index is 11.9. The van der Waals surface area contributed by atoms with Crippen molar-refractivity contribution in [3.63, 3.8) is 0 Å². The van der Waals surface area contributed by atoms with Gasteiger partial charge in [-0.1, -0.05) is 6.92 Å². The van der Waals surface area contributed by atoms with Crippen molar-refractivity contribution >= 4 is 17.3 Å². The number of ether oxygens (including phenoxy) is 1. The number of benzene rings is 1. The van der Waals surface area contributed by atoms with E-state index >= 15 is 0 Å². The van der Waals surface area contributed by atoms with Crippen LogP contribution in [0.15, 0.2) is 18.2 Å². The minimum Gasteiger partial charge on any atom is -0.465 e. The van der Waals surface area contributed by atoms with Crippen molar-refractivity contribution in [2.45, 2.75) is 19.4 Å². The summed E-state index contributed by atoms with van der Waals surface area (Å²) in [7, 11) is 1.24. The molecule has 0 radical (unpaired) electrons. The van der Waals surface area contributed by atoms with E-state index in [1.165, 1.54) is 13.2 Å². The third-order valence-corrected chi connectivity index (χ3v) is 5.48. The van der Waals surface area contributed by atoms with Crippen LogP contribution in [0.2, 0.25) is 0 Å². The average molecular weight is 362 g/mol. The summed E-state index contributed by atoms with van der Waals surface area (Å²) in [6.45, 7) is 9.44. The zero-order valence-electron chi connectivity index (χ0n) is 15.4. The monoisotopic (exact) mass is 362 g/mol. The highest BCUT2D eigenvalue weighted by atomic mass is 16.6. The Kier molecular flexibility index (Phi) is 5.73. The minimum absolute atomic E-state index is 0.00927. The molecule has 8 nitrogen and oxygen atoms in total. The lowest BCUT2D eigenvalue weighted by Gasteiger charge is -2.37. The molecular formula is C18H26N4O4. The van der Waals surface area contributed by atoms with E-state index in [0.717, 1.165) is 57.9 Å². The summed E-state index contributed by atoms with van der Waals surface area (Å²) in [4.78, 5) is 29.7. The van der Waals surface area contributed by atoms with Crippen molar-refractivity contribution in [2.75, 3.05) is 57.8 Å². The lowest BCUT2D eigenvalue weighted by molar-refractivity contribution is -0.385. The fraction of sp³-hybridized carbons (Fsp3) is 0.611. The molecule has 0 aromatic heterocycles. The van der Waals surface area contributed by atoms with Gasteiger partial charge in [-0.05, 0) is 25.1 Å². The summed E-state index contributed by atoms with van der Waals surface area (Å²) in [5, 5.41) is 11.2. The summed E-state index contributed by atoms with van der Waals surface area (Å²) in [6, 6.07) is 5.20. The Bertz CT molecular complexity index is 673. The second-order valence-electron chi connectivity index (χ2n) is 6.81. The van der Waals surface area contributed by atoms with E-state index in [0.29, 0.717) is 6.04 Å². The number of hydrogen-bond donors (Lipinski definition) is 0. The van der Waals surface area contributed by atoms with Gasteiger partial charge in [0.25, 0.3) is 5.69 Å². The number of hydrogen-bond acceptors (Lipinski definition) is 7. The van der Waals surface area contributed by atoms with Gasteiger partial charge < -0.3 is 14.5 Å². The molecule has 1 aromatic carbocycles. The van der Waals surface area contributed by atoms with E-state index in [1.807, 2.05) is 0 Å². The van der Waals surface area contributed by atoms with E-state index in [1.54, 1.807) is 12.1 Å². The standard InChI is InChI=1S/C18H26N4O4/c1-3-19-8-10-20(11-9-19)15-6-7-21(13-15)14-4-5-17(22(24)25)16(12-14)18(23)26-2/h4-5,12,15H,3,6-11,13H2,1-2H3. The number of rotatable bonds is 5. The van der Waals surface area contributed by atoms with Crippen molar-refractivity contribution in [1.82, 2.24) is 9.80 Å². The largest absolute Gasteiger partial charge is 0.465 e. The Hall–Kier alpha value is -2.19. The fourth-order valence-electron chi connectivity index (χ4n) is 3.87. The Morgan fingerprint density at radius 1 is 1.27 bits per heavy atom. The molecule has 2 aliphatic rings. The molecule has 2 aliphatic heterocycles. The number of anilines is 1. The van der Waals surface area contributed by atoms with E-state index in [2.05, 4.69) is 21.6 Å². The molecule has 0 N–H and O–H groups in total. The first-order valence-corrected chi connectivity index (χ1v) is 9.11. The number of nitro groups is 1. The number of carbonyl (C=O) groups is 1. The average Bonchev–Trinajstić information content (AvgIpc) is 3.17. The number of nitrogens with zero attached hydrogens (tertiary/aromatic N) is 4.